The summed E-state index contributed by atoms with van der Waals surface area (Å²) in [6.07, 6.45) is 9.02. The van der Waals surface area contributed by atoms with Crippen molar-refractivity contribution in [3.63, 3.8) is 0 Å². The number of nitrogens with one attached hydrogen (secondary N) is 1. The average molecular weight is 308 g/mol. The van der Waals surface area contributed by atoms with Crippen LogP contribution in [0.5, 0.6) is 0 Å². The average Bonchev–Trinajstić information content (AvgIpc) is 2.79. The Balaban J connectivity index is 1.63. The van der Waals surface area contributed by atoms with Crippen LogP contribution in [0.1, 0.15) is 73.2 Å². The molecule has 1 spiro atoms. The van der Waals surface area contributed by atoms with E-state index in [0.717, 1.165) is 13.0 Å². The van der Waals surface area contributed by atoms with E-state index in [9.17, 15) is 0 Å². The van der Waals surface area contributed by atoms with Crippen LogP contribution in [0.25, 0.3) is 0 Å². The number of thiophene rings is 1. The lowest BCUT2D eigenvalue weighted by Crippen LogP contribution is -2.48. The summed E-state index contributed by atoms with van der Waals surface area (Å²) in [5.41, 5.74) is 1.69. The van der Waals surface area contributed by atoms with Gasteiger partial charge in [-0.2, -0.15) is 0 Å². The minimum Gasteiger partial charge on any atom is -0.375 e. The van der Waals surface area contributed by atoms with Crippen molar-refractivity contribution >= 4 is 11.3 Å². The maximum atomic E-state index is 6.21. The van der Waals surface area contributed by atoms with Crippen LogP contribution >= 0.6 is 11.3 Å². The quantitative estimate of drug-likeness (QED) is 0.858. The molecular formula is C18H29NOS. The second-order valence-electron chi connectivity index (χ2n) is 7.04. The van der Waals surface area contributed by atoms with Gasteiger partial charge in [0.25, 0.3) is 0 Å². The molecule has 2 unspecified atom stereocenters. The minimum atomic E-state index is 0.202. The molecule has 2 atom stereocenters. The van der Waals surface area contributed by atoms with E-state index in [2.05, 4.69) is 32.2 Å². The van der Waals surface area contributed by atoms with E-state index in [1.165, 1.54) is 53.8 Å². The molecule has 3 heteroatoms. The Bertz CT molecular complexity index is 470. The first-order valence-electron chi connectivity index (χ1n) is 8.55. The largest absolute Gasteiger partial charge is 0.375 e. The summed E-state index contributed by atoms with van der Waals surface area (Å²) >= 11 is 1.92. The maximum Gasteiger partial charge on any atom is 0.0697 e. The highest BCUT2D eigenvalue weighted by Gasteiger charge is 2.38. The molecule has 3 rings (SSSR count). The van der Waals surface area contributed by atoms with Crippen LogP contribution in [0.15, 0.2) is 6.07 Å². The Morgan fingerprint density at radius 1 is 1.29 bits per heavy atom. The molecule has 2 heterocycles. The lowest BCUT2D eigenvalue weighted by Gasteiger charge is -2.44. The zero-order valence-corrected chi connectivity index (χ0v) is 14.5. The zero-order valence-electron chi connectivity index (χ0n) is 13.7. The SMILES string of the molecule is Cc1cc(C(C)NC2CCOC3(CCCCC3)C2)c(C)s1. The lowest BCUT2D eigenvalue weighted by molar-refractivity contribution is -0.110. The van der Waals surface area contributed by atoms with Gasteiger partial charge < -0.3 is 10.1 Å². The molecule has 0 amide bonds. The van der Waals surface area contributed by atoms with Gasteiger partial charge in [0, 0.05) is 28.4 Å². The number of ether oxygens (including phenoxy) is 1. The van der Waals surface area contributed by atoms with Crippen molar-refractivity contribution in [3.8, 4) is 0 Å². The van der Waals surface area contributed by atoms with Gasteiger partial charge in [0.1, 0.15) is 0 Å². The lowest BCUT2D eigenvalue weighted by atomic mass is 9.78. The highest BCUT2D eigenvalue weighted by Crippen LogP contribution is 2.39. The molecule has 21 heavy (non-hydrogen) atoms. The van der Waals surface area contributed by atoms with E-state index in [-0.39, 0.29) is 5.60 Å². The topological polar surface area (TPSA) is 21.3 Å². The summed E-state index contributed by atoms with van der Waals surface area (Å²) < 4.78 is 6.21. The molecule has 2 nitrogen and oxygen atoms in total. The molecule has 1 aliphatic carbocycles. The van der Waals surface area contributed by atoms with Crippen LogP contribution in [0.3, 0.4) is 0 Å². The first kappa shape index (κ1) is 15.5. The fourth-order valence-electron chi connectivity index (χ4n) is 4.24. The van der Waals surface area contributed by atoms with E-state index >= 15 is 0 Å². The zero-order chi connectivity index (χ0) is 14.9. The summed E-state index contributed by atoms with van der Waals surface area (Å²) in [7, 11) is 0. The van der Waals surface area contributed by atoms with Gasteiger partial charge in [-0.25, -0.2) is 0 Å². The molecule has 0 aromatic carbocycles. The first-order chi connectivity index (χ1) is 10.1. The highest BCUT2D eigenvalue weighted by molar-refractivity contribution is 7.12. The molecule has 1 aromatic heterocycles. The molecule has 1 saturated heterocycles. The van der Waals surface area contributed by atoms with Crippen LogP contribution in [-0.4, -0.2) is 18.2 Å². The van der Waals surface area contributed by atoms with Crippen molar-refractivity contribution in [1.29, 1.82) is 0 Å². The second kappa shape index (κ2) is 6.39. The van der Waals surface area contributed by atoms with Gasteiger partial charge in [-0.1, -0.05) is 19.3 Å². The fraction of sp³-hybridized carbons (Fsp3) is 0.778. The van der Waals surface area contributed by atoms with Crippen LogP contribution < -0.4 is 5.32 Å². The van der Waals surface area contributed by atoms with Crippen molar-refractivity contribution in [2.24, 2.45) is 0 Å². The van der Waals surface area contributed by atoms with Gasteiger partial charge in [0.15, 0.2) is 0 Å². The molecule has 0 radical (unpaired) electrons. The third-order valence-electron chi connectivity index (χ3n) is 5.29. The monoisotopic (exact) mass is 307 g/mol. The Labute approximate surface area is 133 Å². The minimum absolute atomic E-state index is 0.202. The molecule has 1 N–H and O–H groups in total. The Hall–Kier alpha value is -0.380. The van der Waals surface area contributed by atoms with E-state index in [0.29, 0.717) is 12.1 Å². The summed E-state index contributed by atoms with van der Waals surface area (Å²) in [6, 6.07) is 3.43. The van der Waals surface area contributed by atoms with Gasteiger partial charge in [0.05, 0.1) is 5.60 Å². The molecule has 0 bridgehead atoms. The number of hydrogen-bond acceptors (Lipinski definition) is 3. The molecule has 118 valence electrons. The van der Waals surface area contributed by atoms with Crippen LogP contribution in [-0.2, 0) is 4.74 Å². The number of aryl methyl sites for hydroxylation is 2. The van der Waals surface area contributed by atoms with Gasteiger partial charge >= 0.3 is 0 Å². The summed E-state index contributed by atoms with van der Waals surface area (Å²) in [6.45, 7) is 7.71. The third kappa shape index (κ3) is 3.52. The standard InChI is InChI=1S/C18H29NOS/c1-13-11-17(15(3)21-13)14(2)19-16-7-10-20-18(12-16)8-5-4-6-9-18/h11,14,16,19H,4-10,12H2,1-3H3. The van der Waals surface area contributed by atoms with E-state index in [1.807, 2.05) is 11.3 Å². The fourth-order valence-corrected chi connectivity index (χ4v) is 5.26. The van der Waals surface area contributed by atoms with Gasteiger partial charge in [-0.15, -0.1) is 11.3 Å². The molecule has 2 aliphatic rings. The smallest absolute Gasteiger partial charge is 0.0697 e. The van der Waals surface area contributed by atoms with Crippen LogP contribution in [0, 0.1) is 13.8 Å². The summed E-state index contributed by atoms with van der Waals surface area (Å²) in [5, 5.41) is 3.89. The van der Waals surface area contributed by atoms with Crippen LogP contribution in [0.4, 0.5) is 0 Å². The van der Waals surface area contributed by atoms with Crippen LogP contribution in [0.2, 0.25) is 0 Å². The number of rotatable bonds is 3. The van der Waals surface area contributed by atoms with Crippen molar-refractivity contribution in [1.82, 2.24) is 5.32 Å². The molecule has 1 aromatic rings. The van der Waals surface area contributed by atoms with E-state index < -0.39 is 0 Å². The van der Waals surface area contributed by atoms with Crippen molar-refractivity contribution < 1.29 is 4.74 Å². The summed E-state index contributed by atoms with van der Waals surface area (Å²) in [4.78, 5) is 2.89. The van der Waals surface area contributed by atoms with Crippen molar-refractivity contribution in [2.75, 3.05) is 6.61 Å². The molecule has 2 fully saturated rings. The first-order valence-corrected chi connectivity index (χ1v) is 9.37. The molecule has 1 saturated carbocycles. The highest BCUT2D eigenvalue weighted by atomic mass is 32.1. The molecule has 1 aliphatic heterocycles. The van der Waals surface area contributed by atoms with Gasteiger partial charge in [-0.3, -0.25) is 0 Å². The van der Waals surface area contributed by atoms with Crippen molar-refractivity contribution in [2.45, 2.75) is 83.4 Å². The summed E-state index contributed by atoms with van der Waals surface area (Å²) in [5.74, 6) is 0. The maximum absolute atomic E-state index is 6.21. The predicted octanol–water partition coefficient (Wildman–Crippen LogP) is 4.90. The third-order valence-corrected chi connectivity index (χ3v) is 6.27. The normalized spacial score (nSPS) is 26.9. The number of hydrogen-bond donors (Lipinski definition) is 1. The predicted molar refractivity (Wildman–Crippen MR) is 90.1 cm³/mol. The van der Waals surface area contributed by atoms with Gasteiger partial charge in [-0.05, 0) is 58.1 Å². The van der Waals surface area contributed by atoms with E-state index in [4.69, 9.17) is 4.74 Å². The van der Waals surface area contributed by atoms with Crippen molar-refractivity contribution in [3.05, 3.63) is 21.4 Å². The van der Waals surface area contributed by atoms with E-state index in [1.54, 1.807) is 0 Å². The Morgan fingerprint density at radius 3 is 2.71 bits per heavy atom. The molecular weight excluding hydrogens is 278 g/mol. The second-order valence-corrected chi connectivity index (χ2v) is 8.50. The van der Waals surface area contributed by atoms with Gasteiger partial charge in [0.2, 0.25) is 0 Å². The Kier molecular flexibility index (Phi) is 4.72. The Morgan fingerprint density at radius 2 is 2.05 bits per heavy atom.